The van der Waals surface area contributed by atoms with Crippen molar-refractivity contribution in [3.05, 3.63) is 77.4 Å². The van der Waals surface area contributed by atoms with E-state index in [1.54, 1.807) is 7.11 Å². The highest BCUT2D eigenvalue weighted by molar-refractivity contribution is 6.01. The number of fused-ring (bicyclic) bond motifs is 1. The molecule has 156 valence electrons. The second kappa shape index (κ2) is 9.31. The summed E-state index contributed by atoms with van der Waals surface area (Å²) >= 11 is 0. The average molecular weight is 403 g/mol. The molecule has 3 aromatic carbocycles. The van der Waals surface area contributed by atoms with E-state index in [0.717, 1.165) is 43.0 Å². The zero-order valence-electron chi connectivity index (χ0n) is 18.0. The molecule has 4 rings (SSSR count). The summed E-state index contributed by atoms with van der Waals surface area (Å²) in [6.07, 6.45) is 2.38. The smallest absolute Gasteiger partial charge is 0.119 e. The molecule has 4 nitrogen and oxygen atoms in total. The number of benzene rings is 3. The lowest BCUT2D eigenvalue weighted by Gasteiger charge is -2.16. The lowest BCUT2D eigenvalue weighted by atomic mass is 9.92. The highest BCUT2D eigenvalue weighted by atomic mass is 16.6. The molecule has 0 saturated carbocycles. The van der Waals surface area contributed by atoms with Crippen LogP contribution in [0.4, 0.5) is 0 Å². The molecule has 1 fully saturated rings. The van der Waals surface area contributed by atoms with E-state index in [9.17, 15) is 0 Å². The molecular weight excluding hydrogens is 372 g/mol. The van der Waals surface area contributed by atoms with Gasteiger partial charge in [0.05, 0.1) is 5.71 Å². The minimum Gasteiger partial charge on any atom is -0.489 e. The summed E-state index contributed by atoms with van der Waals surface area (Å²) in [5.74, 6) is 1.40. The van der Waals surface area contributed by atoms with Crippen LogP contribution in [0.1, 0.15) is 42.9 Å². The van der Waals surface area contributed by atoms with Gasteiger partial charge in [-0.1, -0.05) is 54.5 Å². The van der Waals surface area contributed by atoms with Crippen molar-refractivity contribution in [3.8, 4) is 5.75 Å². The van der Waals surface area contributed by atoms with Gasteiger partial charge in [-0.15, -0.1) is 0 Å². The molecule has 2 atom stereocenters. The maximum atomic E-state index is 6.04. The van der Waals surface area contributed by atoms with E-state index in [1.165, 1.54) is 21.9 Å². The number of hydrogen-bond acceptors (Lipinski definition) is 4. The van der Waals surface area contributed by atoms with Gasteiger partial charge in [-0.05, 0) is 77.9 Å². The molecule has 0 bridgehead atoms. The van der Waals surface area contributed by atoms with Crippen molar-refractivity contribution in [1.29, 1.82) is 0 Å². The van der Waals surface area contributed by atoms with Gasteiger partial charge in [0.1, 0.15) is 19.0 Å². The first-order valence-electron chi connectivity index (χ1n) is 10.7. The van der Waals surface area contributed by atoms with Crippen LogP contribution in [0.15, 0.2) is 65.8 Å². The lowest BCUT2D eigenvalue weighted by Crippen LogP contribution is -2.19. The normalized spacial score (nSPS) is 17.8. The van der Waals surface area contributed by atoms with Gasteiger partial charge < -0.3 is 14.9 Å². The van der Waals surface area contributed by atoms with E-state index in [-0.39, 0.29) is 0 Å². The van der Waals surface area contributed by atoms with Crippen molar-refractivity contribution in [1.82, 2.24) is 5.32 Å². The molecule has 0 radical (unpaired) electrons. The topological polar surface area (TPSA) is 42.9 Å². The van der Waals surface area contributed by atoms with Gasteiger partial charge in [0.2, 0.25) is 0 Å². The summed E-state index contributed by atoms with van der Waals surface area (Å²) in [7, 11) is 1.58. The first kappa shape index (κ1) is 20.4. The van der Waals surface area contributed by atoms with Crippen LogP contribution in [0.2, 0.25) is 0 Å². The molecule has 1 aliphatic rings. The fourth-order valence-electron chi connectivity index (χ4n) is 4.11. The number of nitrogens with one attached hydrogen (secondary N) is 1. The number of nitrogens with zero attached hydrogens (tertiary/aromatic N) is 1. The average Bonchev–Trinajstić information content (AvgIpc) is 3.27. The highest BCUT2D eigenvalue weighted by Gasteiger charge is 2.16. The monoisotopic (exact) mass is 402 g/mol. The summed E-state index contributed by atoms with van der Waals surface area (Å²) < 4.78 is 6.04. The summed E-state index contributed by atoms with van der Waals surface area (Å²) in [5.41, 5.74) is 4.64. The largest absolute Gasteiger partial charge is 0.489 e. The zero-order chi connectivity index (χ0) is 20.9. The van der Waals surface area contributed by atoms with Gasteiger partial charge in [-0.25, -0.2) is 0 Å². The third-order valence-electron chi connectivity index (χ3n) is 5.86. The molecule has 0 aromatic heterocycles. The highest BCUT2D eigenvalue weighted by Crippen LogP contribution is 2.26. The van der Waals surface area contributed by atoms with E-state index in [0.29, 0.717) is 12.0 Å². The van der Waals surface area contributed by atoms with Crippen LogP contribution < -0.4 is 10.1 Å². The van der Waals surface area contributed by atoms with Crippen LogP contribution in [-0.4, -0.2) is 32.0 Å². The predicted molar refractivity (Wildman–Crippen MR) is 124 cm³/mol. The van der Waals surface area contributed by atoms with Gasteiger partial charge in [0, 0.05) is 6.54 Å². The molecule has 0 spiro atoms. The Hall–Kier alpha value is -2.85. The second-order valence-corrected chi connectivity index (χ2v) is 8.16. The first-order chi connectivity index (χ1) is 14.6. The molecule has 1 N–H and O–H groups in total. The van der Waals surface area contributed by atoms with Crippen LogP contribution in [0.5, 0.6) is 5.75 Å². The van der Waals surface area contributed by atoms with Crippen LogP contribution in [0.25, 0.3) is 10.8 Å². The minimum absolute atomic E-state index is 0.299. The van der Waals surface area contributed by atoms with Crippen LogP contribution in [-0.2, 0) is 11.3 Å². The Bertz CT molecular complexity index is 1020. The Kier molecular flexibility index (Phi) is 6.34. The Morgan fingerprint density at radius 1 is 1.07 bits per heavy atom. The minimum atomic E-state index is 0.299. The van der Waals surface area contributed by atoms with Crippen molar-refractivity contribution in [2.45, 2.75) is 38.7 Å². The number of oxime groups is 1. The summed E-state index contributed by atoms with van der Waals surface area (Å²) in [5, 5.41) is 9.87. The van der Waals surface area contributed by atoms with Crippen LogP contribution in [0.3, 0.4) is 0 Å². The number of ether oxygens (including phenoxy) is 1. The third-order valence-corrected chi connectivity index (χ3v) is 5.86. The molecule has 30 heavy (non-hydrogen) atoms. The van der Waals surface area contributed by atoms with Gasteiger partial charge >= 0.3 is 0 Å². The molecule has 1 saturated heterocycles. The molecule has 0 aliphatic carbocycles. The summed E-state index contributed by atoms with van der Waals surface area (Å²) in [4.78, 5) is 4.92. The third kappa shape index (κ3) is 4.82. The molecule has 3 aromatic rings. The molecule has 1 unspecified atom stereocenters. The fraction of sp³-hybridized carbons (Fsp3) is 0.346. The van der Waals surface area contributed by atoms with Gasteiger partial charge in [-0.3, -0.25) is 0 Å². The van der Waals surface area contributed by atoms with Crippen molar-refractivity contribution in [3.63, 3.8) is 0 Å². The quantitative estimate of drug-likeness (QED) is 0.431. The Morgan fingerprint density at radius 2 is 1.87 bits per heavy atom. The second-order valence-electron chi connectivity index (χ2n) is 8.16. The number of rotatable bonds is 7. The van der Waals surface area contributed by atoms with Gasteiger partial charge in [0.25, 0.3) is 0 Å². The predicted octanol–water partition coefficient (Wildman–Crippen LogP) is 5.30. The Labute approximate surface area is 178 Å². The summed E-state index contributed by atoms with van der Waals surface area (Å²) in [6.45, 7) is 6.24. The molecule has 1 aliphatic heterocycles. The molecule has 0 amide bonds. The molecular formula is C26H30N2O2. The van der Waals surface area contributed by atoms with E-state index >= 15 is 0 Å². The van der Waals surface area contributed by atoms with E-state index in [2.05, 4.69) is 78.1 Å². The molecule has 1 heterocycles. The van der Waals surface area contributed by atoms with Crippen molar-refractivity contribution < 1.29 is 9.57 Å². The maximum absolute atomic E-state index is 6.04. The van der Waals surface area contributed by atoms with Crippen molar-refractivity contribution in [2.24, 2.45) is 5.16 Å². The maximum Gasteiger partial charge on any atom is 0.119 e. The standard InChI is InChI=1S/C26H30N2O2/c1-18(21-8-10-25(11-9-21)30-26-12-13-27-17-26)14-20-4-5-22-6-7-23(16-24(22)15-20)19(2)28-29-3/h4-11,15-16,18,26-27H,12-14,17H2,1-3H3/b28-19-/t18-,26?/m0/s1. The van der Waals surface area contributed by atoms with Crippen LogP contribution in [0, 0.1) is 0 Å². The lowest BCUT2D eigenvalue weighted by molar-refractivity contribution is 0.213. The van der Waals surface area contributed by atoms with Crippen LogP contribution >= 0.6 is 0 Å². The van der Waals surface area contributed by atoms with E-state index in [4.69, 9.17) is 9.57 Å². The zero-order valence-corrected chi connectivity index (χ0v) is 18.0. The Balaban J connectivity index is 1.46. The Morgan fingerprint density at radius 3 is 2.60 bits per heavy atom. The van der Waals surface area contributed by atoms with Gasteiger partial charge in [0.15, 0.2) is 0 Å². The fourth-order valence-corrected chi connectivity index (χ4v) is 4.11. The van der Waals surface area contributed by atoms with E-state index in [1.807, 2.05) is 6.92 Å². The summed E-state index contributed by atoms with van der Waals surface area (Å²) in [6, 6.07) is 21.8. The first-order valence-corrected chi connectivity index (χ1v) is 10.7. The molecule has 4 heteroatoms. The number of hydrogen-bond donors (Lipinski definition) is 1. The van der Waals surface area contributed by atoms with Crippen molar-refractivity contribution in [2.75, 3.05) is 20.2 Å². The van der Waals surface area contributed by atoms with Crippen molar-refractivity contribution >= 4 is 16.5 Å². The van der Waals surface area contributed by atoms with Gasteiger partial charge in [-0.2, -0.15) is 0 Å². The SMILES string of the molecule is CO/N=C(/C)c1ccc2ccc(C[C@H](C)c3ccc(OC4CCNC4)cc3)cc2c1. The van der Waals surface area contributed by atoms with E-state index < -0.39 is 0 Å².